The van der Waals surface area contributed by atoms with Crippen molar-refractivity contribution >= 4 is 23.4 Å². The predicted molar refractivity (Wildman–Crippen MR) is 108 cm³/mol. The van der Waals surface area contributed by atoms with Gasteiger partial charge >= 0.3 is 6.03 Å². The Labute approximate surface area is 165 Å². The molecule has 2 N–H and O–H groups in total. The molecule has 3 amide bonds. The number of nitrogens with one attached hydrogen (secondary N) is 2. The van der Waals surface area contributed by atoms with Crippen molar-refractivity contribution in [2.75, 3.05) is 36.4 Å². The SMILES string of the molecule is Cc1ccc(NC(=O)NC(=O)C(C)N2CCN(c3cnccn3)CC2)c(C)c1. The van der Waals surface area contributed by atoms with Crippen molar-refractivity contribution in [2.24, 2.45) is 0 Å². The highest BCUT2D eigenvalue weighted by Crippen LogP contribution is 2.16. The fourth-order valence-electron chi connectivity index (χ4n) is 3.28. The highest BCUT2D eigenvalue weighted by molar-refractivity contribution is 6.03. The fraction of sp³-hybridized carbons (Fsp3) is 0.400. The van der Waals surface area contributed by atoms with Crippen LogP contribution in [0, 0.1) is 13.8 Å². The summed E-state index contributed by atoms with van der Waals surface area (Å²) in [5.74, 6) is 0.530. The third-order valence-electron chi connectivity index (χ3n) is 4.98. The summed E-state index contributed by atoms with van der Waals surface area (Å²) in [6.45, 7) is 8.66. The largest absolute Gasteiger partial charge is 0.353 e. The summed E-state index contributed by atoms with van der Waals surface area (Å²) >= 11 is 0. The number of aromatic nitrogens is 2. The van der Waals surface area contributed by atoms with E-state index in [1.165, 1.54) is 0 Å². The molecule has 28 heavy (non-hydrogen) atoms. The van der Waals surface area contributed by atoms with E-state index in [1.54, 1.807) is 18.6 Å². The monoisotopic (exact) mass is 382 g/mol. The molecule has 0 bridgehead atoms. The Bertz CT molecular complexity index is 834. The minimum atomic E-state index is -0.512. The van der Waals surface area contributed by atoms with Gasteiger partial charge in [0.1, 0.15) is 5.82 Å². The van der Waals surface area contributed by atoms with Gasteiger partial charge in [0.15, 0.2) is 0 Å². The van der Waals surface area contributed by atoms with E-state index >= 15 is 0 Å². The van der Waals surface area contributed by atoms with Crippen molar-refractivity contribution in [3.8, 4) is 0 Å². The van der Waals surface area contributed by atoms with Gasteiger partial charge in [0.25, 0.3) is 0 Å². The van der Waals surface area contributed by atoms with Crippen LogP contribution in [-0.4, -0.2) is 59.0 Å². The van der Waals surface area contributed by atoms with Gasteiger partial charge in [0.05, 0.1) is 12.2 Å². The molecule has 0 saturated carbocycles. The van der Waals surface area contributed by atoms with Gasteiger partial charge in [0, 0.05) is 44.3 Å². The third kappa shape index (κ3) is 4.83. The second kappa shape index (κ2) is 8.79. The Hall–Kier alpha value is -3.00. The molecule has 1 atom stereocenters. The van der Waals surface area contributed by atoms with E-state index in [2.05, 4.69) is 30.4 Å². The van der Waals surface area contributed by atoms with Crippen molar-refractivity contribution in [1.82, 2.24) is 20.2 Å². The first-order chi connectivity index (χ1) is 13.4. The zero-order chi connectivity index (χ0) is 20.1. The van der Waals surface area contributed by atoms with Gasteiger partial charge < -0.3 is 10.2 Å². The molecule has 1 fully saturated rings. The van der Waals surface area contributed by atoms with Crippen LogP contribution in [0.25, 0.3) is 0 Å². The summed E-state index contributed by atoms with van der Waals surface area (Å²) in [6, 6.07) is 4.83. The predicted octanol–water partition coefficient (Wildman–Crippen LogP) is 1.95. The Morgan fingerprint density at radius 1 is 1.11 bits per heavy atom. The first kappa shape index (κ1) is 19.8. The molecule has 2 heterocycles. The number of piperazine rings is 1. The van der Waals surface area contributed by atoms with Crippen LogP contribution in [0.5, 0.6) is 0 Å². The molecule has 1 saturated heterocycles. The van der Waals surface area contributed by atoms with Crippen molar-refractivity contribution in [3.63, 3.8) is 0 Å². The van der Waals surface area contributed by atoms with Crippen LogP contribution < -0.4 is 15.5 Å². The normalized spacial score (nSPS) is 15.8. The lowest BCUT2D eigenvalue weighted by Crippen LogP contribution is -2.55. The summed E-state index contributed by atoms with van der Waals surface area (Å²) in [6.07, 6.45) is 5.06. The number of benzene rings is 1. The molecule has 1 aliphatic rings. The van der Waals surface area contributed by atoms with E-state index in [9.17, 15) is 9.59 Å². The molecule has 3 rings (SSSR count). The number of imide groups is 1. The van der Waals surface area contributed by atoms with Crippen molar-refractivity contribution in [2.45, 2.75) is 26.8 Å². The number of anilines is 2. The second-order valence-electron chi connectivity index (χ2n) is 7.02. The lowest BCUT2D eigenvalue weighted by Gasteiger charge is -2.37. The molecule has 2 aromatic rings. The number of rotatable bonds is 4. The summed E-state index contributed by atoms with van der Waals surface area (Å²) in [4.78, 5) is 37.3. The van der Waals surface area contributed by atoms with E-state index in [1.807, 2.05) is 39.0 Å². The molecule has 0 spiro atoms. The van der Waals surface area contributed by atoms with E-state index in [4.69, 9.17) is 0 Å². The molecule has 0 aliphatic carbocycles. The Morgan fingerprint density at radius 2 is 1.86 bits per heavy atom. The molecule has 0 radical (unpaired) electrons. The number of carbonyl (C=O) groups is 2. The van der Waals surface area contributed by atoms with Crippen molar-refractivity contribution < 1.29 is 9.59 Å². The summed E-state index contributed by atoms with van der Waals surface area (Å²) < 4.78 is 0. The van der Waals surface area contributed by atoms with Gasteiger partial charge in [-0.05, 0) is 32.4 Å². The van der Waals surface area contributed by atoms with Crippen LogP contribution in [0.15, 0.2) is 36.8 Å². The summed E-state index contributed by atoms with van der Waals surface area (Å²) in [7, 11) is 0. The first-order valence-corrected chi connectivity index (χ1v) is 9.38. The maximum Gasteiger partial charge on any atom is 0.325 e. The number of amides is 3. The van der Waals surface area contributed by atoms with E-state index in [0.717, 1.165) is 30.0 Å². The molecule has 1 aliphatic heterocycles. The van der Waals surface area contributed by atoms with Crippen LogP contribution in [0.2, 0.25) is 0 Å². The molecule has 8 heteroatoms. The van der Waals surface area contributed by atoms with Gasteiger partial charge in [0.2, 0.25) is 5.91 Å². The zero-order valence-electron chi connectivity index (χ0n) is 16.5. The topological polar surface area (TPSA) is 90.5 Å². The molecule has 148 valence electrons. The lowest BCUT2D eigenvalue weighted by atomic mass is 10.1. The van der Waals surface area contributed by atoms with Gasteiger partial charge in [-0.2, -0.15) is 0 Å². The van der Waals surface area contributed by atoms with Crippen LogP contribution in [0.4, 0.5) is 16.3 Å². The minimum absolute atomic E-state index is 0.310. The standard InChI is InChI=1S/C20H26N6O2/c1-14-4-5-17(15(2)12-14)23-20(28)24-19(27)16(3)25-8-10-26(11-9-25)18-13-21-6-7-22-18/h4-7,12-13,16H,8-11H2,1-3H3,(H2,23,24,27,28). The Kier molecular flexibility index (Phi) is 6.20. The minimum Gasteiger partial charge on any atom is -0.353 e. The quantitative estimate of drug-likeness (QED) is 0.840. The maximum absolute atomic E-state index is 12.5. The van der Waals surface area contributed by atoms with E-state index in [-0.39, 0.29) is 5.91 Å². The molecular formula is C20H26N6O2. The van der Waals surface area contributed by atoms with Gasteiger partial charge in [-0.25, -0.2) is 9.78 Å². The Balaban J connectivity index is 1.50. The average Bonchev–Trinajstić information content (AvgIpc) is 2.70. The molecule has 8 nitrogen and oxygen atoms in total. The highest BCUT2D eigenvalue weighted by Gasteiger charge is 2.27. The van der Waals surface area contributed by atoms with Gasteiger partial charge in [-0.1, -0.05) is 17.7 Å². The highest BCUT2D eigenvalue weighted by atomic mass is 16.2. The van der Waals surface area contributed by atoms with Crippen LogP contribution in [0.3, 0.4) is 0 Å². The van der Waals surface area contributed by atoms with Gasteiger partial charge in [-0.3, -0.25) is 20.0 Å². The number of hydrogen-bond acceptors (Lipinski definition) is 6. The first-order valence-electron chi connectivity index (χ1n) is 9.38. The number of aryl methyl sites for hydroxylation is 2. The number of carbonyl (C=O) groups excluding carboxylic acids is 2. The maximum atomic E-state index is 12.5. The third-order valence-corrected chi connectivity index (χ3v) is 4.98. The number of hydrogen-bond donors (Lipinski definition) is 2. The average molecular weight is 382 g/mol. The van der Waals surface area contributed by atoms with Crippen LogP contribution >= 0.6 is 0 Å². The zero-order valence-corrected chi connectivity index (χ0v) is 16.5. The van der Waals surface area contributed by atoms with E-state index in [0.29, 0.717) is 18.8 Å². The molecular weight excluding hydrogens is 356 g/mol. The van der Waals surface area contributed by atoms with Crippen LogP contribution in [0.1, 0.15) is 18.1 Å². The Morgan fingerprint density at radius 3 is 2.50 bits per heavy atom. The smallest absolute Gasteiger partial charge is 0.325 e. The second-order valence-corrected chi connectivity index (χ2v) is 7.02. The molecule has 1 unspecified atom stereocenters. The summed E-state index contributed by atoms with van der Waals surface area (Å²) in [5, 5.41) is 5.19. The summed E-state index contributed by atoms with van der Waals surface area (Å²) in [5.41, 5.74) is 2.77. The van der Waals surface area contributed by atoms with E-state index < -0.39 is 12.1 Å². The lowest BCUT2D eigenvalue weighted by molar-refractivity contribution is -0.124. The van der Waals surface area contributed by atoms with Crippen LogP contribution in [-0.2, 0) is 4.79 Å². The van der Waals surface area contributed by atoms with Crippen molar-refractivity contribution in [3.05, 3.63) is 47.9 Å². The molecule has 1 aromatic carbocycles. The number of urea groups is 1. The molecule has 1 aromatic heterocycles. The number of nitrogens with zero attached hydrogens (tertiary/aromatic N) is 4. The van der Waals surface area contributed by atoms with Crippen molar-refractivity contribution in [1.29, 1.82) is 0 Å². The fourth-order valence-corrected chi connectivity index (χ4v) is 3.28. The van der Waals surface area contributed by atoms with Gasteiger partial charge in [-0.15, -0.1) is 0 Å².